The molecule has 7 nitrogen and oxygen atoms in total. The van der Waals surface area contributed by atoms with Crippen LogP contribution in [0.15, 0.2) is 53.2 Å². The van der Waals surface area contributed by atoms with Crippen LogP contribution < -0.4 is 9.47 Å². The highest BCUT2D eigenvalue weighted by Crippen LogP contribution is 2.35. The van der Waals surface area contributed by atoms with E-state index in [2.05, 4.69) is 11.4 Å². The molecule has 1 aromatic carbocycles. The van der Waals surface area contributed by atoms with Gasteiger partial charge in [0.25, 0.3) is 5.91 Å². The van der Waals surface area contributed by atoms with Gasteiger partial charge in [0, 0.05) is 25.1 Å². The van der Waals surface area contributed by atoms with Gasteiger partial charge >= 0.3 is 0 Å². The third kappa shape index (κ3) is 5.43. The summed E-state index contributed by atoms with van der Waals surface area (Å²) in [5.41, 5.74) is 1.10. The second-order valence-corrected chi connectivity index (χ2v) is 9.76. The largest absolute Gasteiger partial charge is 0.493 e. The summed E-state index contributed by atoms with van der Waals surface area (Å²) < 4.78 is 16.7. The van der Waals surface area contributed by atoms with Gasteiger partial charge in [-0.2, -0.15) is 0 Å². The van der Waals surface area contributed by atoms with E-state index in [4.69, 9.17) is 14.2 Å². The molecule has 0 saturated heterocycles. The SMILES string of the molecule is COCCN(CC(=O)N1CCc2sccc2[C@@H]1COc1ccccc1OC)C(=O)c1cccs1. The molecular weight excluding hydrogens is 472 g/mol. The fourth-order valence-corrected chi connectivity index (χ4v) is 5.66. The maximum Gasteiger partial charge on any atom is 0.264 e. The van der Waals surface area contributed by atoms with E-state index < -0.39 is 0 Å². The van der Waals surface area contributed by atoms with E-state index in [1.165, 1.54) is 16.2 Å². The van der Waals surface area contributed by atoms with Gasteiger partial charge in [0.1, 0.15) is 13.2 Å². The molecule has 4 rings (SSSR count). The van der Waals surface area contributed by atoms with Crippen molar-refractivity contribution in [3.63, 3.8) is 0 Å². The molecule has 0 aliphatic carbocycles. The Morgan fingerprint density at radius 3 is 2.62 bits per heavy atom. The number of carbonyl (C=O) groups is 2. The first-order valence-electron chi connectivity index (χ1n) is 11.1. The highest BCUT2D eigenvalue weighted by atomic mass is 32.1. The second-order valence-electron chi connectivity index (χ2n) is 7.81. The highest BCUT2D eigenvalue weighted by molar-refractivity contribution is 7.12. The lowest BCUT2D eigenvalue weighted by atomic mass is 10.0. The maximum atomic E-state index is 13.5. The number of rotatable bonds is 10. The normalized spacial score (nSPS) is 15.0. The van der Waals surface area contributed by atoms with Crippen LogP contribution in [-0.2, 0) is 16.0 Å². The van der Waals surface area contributed by atoms with Crippen LogP contribution >= 0.6 is 22.7 Å². The molecule has 3 heterocycles. The first-order valence-corrected chi connectivity index (χ1v) is 12.8. The van der Waals surface area contributed by atoms with Gasteiger partial charge in [-0.05, 0) is 47.0 Å². The zero-order valence-corrected chi connectivity index (χ0v) is 20.9. The van der Waals surface area contributed by atoms with Crippen LogP contribution in [0.1, 0.15) is 26.2 Å². The van der Waals surface area contributed by atoms with Gasteiger partial charge in [0.05, 0.1) is 24.6 Å². The van der Waals surface area contributed by atoms with Gasteiger partial charge in [0.2, 0.25) is 5.91 Å². The number of ether oxygens (including phenoxy) is 3. The van der Waals surface area contributed by atoms with Gasteiger partial charge in [-0.1, -0.05) is 18.2 Å². The van der Waals surface area contributed by atoms with Crippen molar-refractivity contribution < 1.29 is 23.8 Å². The van der Waals surface area contributed by atoms with Crippen molar-refractivity contribution in [1.29, 1.82) is 0 Å². The van der Waals surface area contributed by atoms with Gasteiger partial charge in [-0.15, -0.1) is 22.7 Å². The van der Waals surface area contributed by atoms with Crippen molar-refractivity contribution in [2.75, 3.05) is 47.1 Å². The molecule has 2 aromatic heterocycles. The fourth-order valence-electron chi connectivity index (χ4n) is 4.05. The molecule has 3 aromatic rings. The van der Waals surface area contributed by atoms with Crippen molar-refractivity contribution in [3.05, 3.63) is 68.5 Å². The molecule has 0 radical (unpaired) electrons. The van der Waals surface area contributed by atoms with Crippen LogP contribution in [-0.4, -0.2) is 68.7 Å². The predicted molar refractivity (Wildman–Crippen MR) is 133 cm³/mol. The zero-order chi connectivity index (χ0) is 23.9. The fraction of sp³-hybridized carbons (Fsp3) is 0.360. The lowest BCUT2D eigenvalue weighted by Crippen LogP contribution is -2.48. The molecule has 1 atom stereocenters. The van der Waals surface area contributed by atoms with E-state index in [0.29, 0.717) is 42.7 Å². The topological polar surface area (TPSA) is 68.3 Å². The number of carbonyl (C=O) groups excluding carboxylic acids is 2. The summed E-state index contributed by atoms with van der Waals surface area (Å²) in [5.74, 6) is 1.02. The summed E-state index contributed by atoms with van der Waals surface area (Å²) >= 11 is 3.07. The molecule has 1 aliphatic heterocycles. The van der Waals surface area contributed by atoms with Crippen molar-refractivity contribution in [1.82, 2.24) is 9.80 Å². The van der Waals surface area contributed by atoms with Crippen LogP contribution in [0.2, 0.25) is 0 Å². The Bertz CT molecular complexity index is 1100. The molecular formula is C25H28N2O5S2. The first-order chi connectivity index (χ1) is 16.6. The standard InChI is InChI=1S/C25H28N2O5S2/c1-30-13-12-26(25(29)23-8-5-14-33-23)16-24(28)27-11-9-22-18(10-15-34-22)19(27)17-32-21-7-4-3-6-20(21)31-2/h3-8,10,14-15,19H,9,11-13,16-17H2,1-2H3/t19-/m0/s1. The molecule has 0 saturated carbocycles. The van der Waals surface area contributed by atoms with Crippen LogP contribution in [0.4, 0.5) is 0 Å². The highest BCUT2D eigenvalue weighted by Gasteiger charge is 2.34. The summed E-state index contributed by atoms with van der Waals surface area (Å²) in [6.45, 7) is 1.58. The Kier molecular flexibility index (Phi) is 8.21. The van der Waals surface area contributed by atoms with Crippen LogP contribution in [0.25, 0.3) is 0 Å². The maximum absolute atomic E-state index is 13.5. The Labute approximate surface area is 207 Å². The number of thiophene rings is 2. The molecule has 2 amide bonds. The molecule has 1 aliphatic rings. The van der Waals surface area contributed by atoms with Gasteiger partial charge < -0.3 is 24.0 Å². The average Bonchev–Trinajstić information content (AvgIpc) is 3.57. The van der Waals surface area contributed by atoms with Gasteiger partial charge in [-0.3, -0.25) is 9.59 Å². The number of hydrogen-bond acceptors (Lipinski definition) is 7. The number of methoxy groups -OCH3 is 2. The summed E-state index contributed by atoms with van der Waals surface area (Å²) in [4.78, 5) is 31.8. The Morgan fingerprint density at radius 1 is 1.06 bits per heavy atom. The number of amides is 2. The van der Waals surface area contributed by atoms with Crippen molar-refractivity contribution in [2.24, 2.45) is 0 Å². The van der Waals surface area contributed by atoms with Crippen molar-refractivity contribution in [3.8, 4) is 11.5 Å². The number of nitrogens with zero attached hydrogens (tertiary/aromatic N) is 2. The van der Waals surface area contributed by atoms with Crippen molar-refractivity contribution in [2.45, 2.75) is 12.5 Å². The van der Waals surface area contributed by atoms with Crippen LogP contribution in [0.3, 0.4) is 0 Å². The average molecular weight is 501 g/mol. The third-order valence-corrected chi connectivity index (χ3v) is 7.65. The monoisotopic (exact) mass is 500 g/mol. The Balaban J connectivity index is 1.52. The molecule has 0 N–H and O–H groups in total. The minimum absolute atomic E-state index is 0.00920. The minimum Gasteiger partial charge on any atom is -0.493 e. The zero-order valence-electron chi connectivity index (χ0n) is 19.3. The summed E-state index contributed by atoms with van der Waals surface area (Å²) in [5, 5.41) is 3.91. The van der Waals surface area contributed by atoms with Crippen LogP contribution in [0.5, 0.6) is 11.5 Å². The van der Waals surface area contributed by atoms with E-state index in [1.807, 2.05) is 40.6 Å². The summed E-state index contributed by atoms with van der Waals surface area (Å²) in [6, 6.07) is 12.9. The van der Waals surface area contributed by atoms with Gasteiger partial charge in [-0.25, -0.2) is 0 Å². The van der Waals surface area contributed by atoms with Crippen LogP contribution in [0, 0.1) is 0 Å². The number of para-hydroxylation sites is 2. The first kappa shape index (κ1) is 24.3. The molecule has 9 heteroatoms. The molecule has 0 spiro atoms. The number of benzene rings is 1. The number of hydrogen-bond donors (Lipinski definition) is 0. The smallest absolute Gasteiger partial charge is 0.264 e. The molecule has 0 unspecified atom stereocenters. The van der Waals surface area contributed by atoms with E-state index in [1.54, 1.807) is 36.5 Å². The predicted octanol–water partition coefficient (Wildman–Crippen LogP) is 4.11. The lowest BCUT2D eigenvalue weighted by Gasteiger charge is -2.37. The van der Waals surface area contributed by atoms with Gasteiger partial charge in [0.15, 0.2) is 11.5 Å². The minimum atomic E-state index is -0.242. The van der Waals surface area contributed by atoms with E-state index in [0.717, 1.165) is 12.0 Å². The number of fused-ring (bicyclic) bond motifs is 1. The Hall–Kier alpha value is -2.88. The molecule has 0 bridgehead atoms. The molecule has 34 heavy (non-hydrogen) atoms. The summed E-state index contributed by atoms with van der Waals surface area (Å²) in [6.07, 6.45) is 0.793. The lowest BCUT2D eigenvalue weighted by molar-refractivity contribution is -0.135. The second kappa shape index (κ2) is 11.5. The quantitative estimate of drug-likeness (QED) is 0.419. The van der Waals surface area contributed by atoms with Crippen molar-refractivity contribution >= 4 is 34.5 Å². The third-order valence-electron chi connectivity index (χ3n) is 5.79. The van der Waals surface area contributed by atoms with E-state index in [9.17, 15) is 9.59 Å². The molecule has 0 fully saturated rings. The Morgan fingerprint density at radius 2 is 1.88 bits per heavy atom. The van der Waals surface area contributed by atoms with E-state index in [-0.39, 0.29) is 24.4 Å². The summed E-state index contributed by atoms with van der Waals surface area (Å²) in [7, 11) is 3.19. The molecule has 180 valence electrons. The van der Waals surface area contributed by atoms with E-state index >= 15 is 0 Å².